The topological polar surface area (TPSA) is 58.6 Å². The maximum atomic E-state index is 12.5. The average molecular weight is 467 g/mol. The number of halogens is 2. The Hall–Kier alpha value is -3.28. The average Bonchev–Trinajstić information content (AvgIpc) is 2.78. The Labute approximate surface area is 196 Å². The van der Waals surface area contributed by atoms with Crippen LogP contribution in [-0.4, -0.2) is 25.0 Å². The fourth-order valence-corrected chi connectivity index (χ4v) is 3.87. The van der Waals surface area contributed by atoms with Crippen LogP contribution in [0.3, 0.4) is 0 Å². The summed E-state index contributed by atoms with van der Waals surface area (Å²) in [4.78, 5) is 26.6. The van der Waals surface area contributed by atoms with E-state index in [2.05, 4.69) is 5.32 Å². The van der Waals surface area contributed by atoms with E-state index in [1.165, 1.54) is 6.08 Å². The molecule has 3 aromatic rings. The van der Waals surface area contributed by atoms with Crippen molar-refractivity contribution < 1.29 is 14.3 Å². The third-order valence-corrected chi connectivity index (χ3v) is 5.58. The second-order valence-electron chi connectivity index (χ2n) is 7.24. The molecule has 0 spiro atoms. The van der Waals surface area contributed by atoms with Crippen molar-refractivity contribution in [3.05, 3.63) is 94.0 Å². The van der Waals surface area contributed by atoms with Crippen molar-refractivity contribution in [2.45, 2.75) is 6.42 Å². The van der Waals surface area contributed by atoms with Crippen molar-refractivity contribution >= 4 is 52.5 Å². The second-order valence-corrected chi connectivity index (χ2v) is 8.08. The molecule has 0 aromatic heterocycles. The highest BCUT2D eigenvalue weighted by Crippen LogP contribution is 2.34. The van der Waals surface area contributed by atoms with Gasteiger partial charge in [-0.3, -0.25) is 9.59 Å². The summed E-state index contributed by atoms with van der Waals surface area (Å²) in [5.74, 6) is 0.170. The van der Waals surface area contributed by atoms with E-state index in [1.54, 1.807) is 47.4 Å². The number of carbonyl (C=O) groups is 2. The van der Waals surface area contributed by atoms with Gasteiger partial charge in [0.2, 0.25) is 5.91 Å². The van der Waals surface area contributed by atoms with Crippen molar-refractivity contribution in [1.82, 2.24) is 0 Å². The highest BCUT2D eigenvalue weighted by atomic mass is 35.5. The van der Waals surface area contributed by atoms with Gasteiger partial charge in [0.1, 0.15) is 5.75 Å². The van der Waals surface area contributed by atoms with Crippen LogP contribution in [0, 0.1) is 0 Å². The predicted octanol–water partition coefficient (Wildman–Crippen LogP) is 5.61. The molecule has 1 heterocycles. The van der Waals surface area contributed by atoms with E-state index in [-0.39, 0.29) is 18.4 Å². The smallest absolute Gasteiger partial charge is 0.265 e. The zero-order valence-electron chi connectivity index (χ0n) is 17.1. The van der Waals surface area contributed by atoms with Crippen molar-refractivity contribution in [2.24, 2.45) is 0 Å². The number of nitrogens with one attached hydrogen (secondary N) is 1. The van der Waals surface area contributed by atoms with Gasteiger partial charge in [0.15, 0.2) is 6.61 Å². The third-order valence-electron chi connectivity index (χ3n) is 5.01. The number of amides is 2. The molecule has 7 heteroatoms. The summed E-state index contributed by atoms with van der Waals surface area (Å²) in [6.45, 7) is 0.518. The molecule has 0 bridgehead atoms. The van der Waals surface area contributed by atoms with E-state index in [9.17, 15) is 9.59 Å². The van der Waals surface area contributed by atoms with Gasteiger partial charge in [0.25, 0.3) is 5.91 Å². The van der Waals surface area contributed by atoms with Gasteiger partial charge in [-0.25, -0.2) is 0 Å². The molecule has 0 unspecified atom stereocenters. The van der Waals surface area contributed by atoms with Crippen LogP contribution in [0.4, 0.5) is 11.4 Å². The number of benzene rings is 3. The molecule has 1 N–H and O–H groups in total. The first-order chi connectivity index (χ1) is 15.5. The second kappa shape index (κ2) is 9.90. The molecule has 0 radical (unpaired) electrons. The molecule has 1 aliphatic rings. The minimum Gasteiger partial charge on any atom is -0.482 e. The van der Waals surface area contributed by atoms with Crippen molar-refractivity contribution in [2.75, 3.05) is 23.4 Å². The van der Waals surface area contributed by atoms with Gasteiger partial charge in [-0.1, -0.05) is 59.6 Å². The van der Waals surface area contributed by atoms with Crippen LogP contribution in [-0.2, 0) is 16.0 Å². The summed E-state index contributed by atoms with van der Waals surface area (Å²) in [6.07, 6.45) is 3.72. The van der Waals surface area contributed by atoms with E-state index in [1.807, 2.05) is 30.3 Å². The lowest BCUT2D eigenvalue weighted by Gasteiger charge is -2.30. The van der Waals surface area contributed by atoms with Gasteiger partial charge in [-0.2, -0.15) is 0 Å². The number of fused-ring (bicyclic) bond motifs is 1. The number of carbonyl (C=O) groups excluding carboxylic acids is 2. The summed E-state index contributed by atoms with van der Waals surface area (Å²) in [5, 5.41) is 3.80. The molecular weight excluding hydrogens is 447 g/mol. The minimum absolute atomic E-state index is 0.00190. The van der Waals surface area contributed by atoms with Crippen LogP contribution in [0.5, 0.6) is 5.75 Å². The lowest BCUT2D eigenvalue weighted by molar-refractivity contribution is -0.121. The molecule has 0 fully saturated rings. The molecule has 5 nitrogen and oxygen atoms in total. The first-order valence-corrected chi connectivity index (χ1v) is 10.8. The van der Waals surface area contributed by atoms with Crippen molar-refractivity contribution in [3.63, 3.8) is 0 Å². The van der Waals surface area contributed by atoms with Gasteiger partial charge in [-0.05, 0) is 54.0 Å². The van der Waals surface area contributed by atoms with Crippen LogP contribution in [0.2, 0.25) is 10.0 Å². The summed E-state index contributed by atoms with van der Waals surface area (Å²) in [5.41, 5.74) is 3.02. The highest BCUT2D eigenvalue weighted by Gasteiger charge is 2.25. The summed E-state index contributed by atoms with van der Waals surface area (Å²) >= 11 is 12.0. The van der Waals surface area contributed by atoms with E-state index >= 15 is 0 Å². The lowest BCUT2D eigenvalue weighted by atomic mass is 10.1. The van der Waals surface area contributed by atoms with E-state index in [0.717, 1.165) is 5.56 Å². The Balaban J connectivity index is 1.48. The Kier molecular flexibility index (Phi) is 6.78. The number of hydrogen-bond acceptors (Lipinski definition) is 3. The largest absolute Gasteiger partial charge is 0.482 e. The molecule has 4 rings (SSSR count). The highest BCUT2D eigenvalue weighted by molar-refractivity contribution is 6.35. The molecule has 0 aliphatic carbocycles. The first kappa shape index (κ1) is 21.9. The van der Waals surface area contributed by atoms with Gasteiger partial charge >= 0.3 is 0 Å². The van der Waals surface area contributed by atoms with Gasteiger partial charge < -0.3 is 15.0 Å². The SMILES string of the molecule is O=C(/C=C/c1ccc(Cl)cc1Cl)Nc1ccc2c(c1)N(CCc1ccccc1)C(=O)CO2. The van der Waals surface area contributed by atoms with Crippen LogP contribution in [0.1, 0.15) is 11.1 Å². The molecule has 3 aromatic carbocycles. The fraction of sp³-hybridized carbons (Fsp3) is 0.120. The number of ether oxygens (including phenoxy) is 1. The normalized spacial score (nSPS) is 13.1. The molecule has 0 saturated heterocycles. The summed E-state index contributed by atoms with van der Waals surface area (Å²) < 4.78 is 5.56. The van der Waals surface area contributed by atoms with Crippen molar-refractivity contribution in [1.29, 1.82) is 0 Å². The number of nitrogens with zero attached hydrogens (tertiary/aromatic N) is 1. The summed E-state index contributed by atoms with van der Waals surface area (Å²) in [6, 6.07) is 20.3. The maximum Gasteiger partial charge on any atom is 0.265 e. The zero-order valence-corrected chi connectivity index (χ0v) is 18.6. The Morgan fingerprint density at radius 3 is 2.66 bits per heavy atom. The minimum atomic E-state index is -0.324. The van der Waals surface area contributed by atoms with E-state index in [0.29, 0.717) is 45.7 Å². The van der Waals surface area contributed by atoms with Gasteiger partial charge in [0.05, 0.1) is 5.69 Å². The zero-order chi connectivity index (χ0) is 22.5. The molecular formula is C25H20Cl2N2O3. The molecule has 1 aliphatic heterocycles. The third kappa shape index (κ3) is 5.31. The van der Waals surface area contributed by atoms with Crippen LogP contribution in [0.25, 0.3) is 6.08 Å². The number of rotatable bonds is 6. The van der Waals surface area contributed by atoms with Gasteiger partial charge in [-0.15, -0.1) is 0 Å². The first-order valence-electron chi connectivity index (χ1n) is 10.0. The Bertz CT molecular complexity index is 1180. The molecule has 0 atom stereocenters. The van der Waals surface area contributed by atoms with Crippen LogP contribution in [0.15, 0.2) is 72.8 Å². The monoisotopic (exact) mass is 466 g/mol. The van der Waals surface area contributed by atoms with E-state index in [4.69, 9.17) is 27.9 Å². The quantitative estimate of drug-likeness (QED) is 0.480. The van der Waals surface area contributed by atoms with Crippen LogP contribution < -0.4 is 15.0 Å². The Morgan fingerprint density at radius 2 is 1.88 bits per heavy atom. The molecule has 162 valence electrons. The number of anilines is 2. The lowest BCUT2D eigenvalue weighted by Crippen LogP contribution is -2.40. The molecule has 0 saturated carbocycles. The fourth-order valence-electron chi connectivity index (χ4n) is 3.40. The molecule has 2 amide bonds. The predicted molar refractivity (Wildman–Crippen MR) is 129 cm³/mol. The van der Waals surface area contributed by atoms with Crippen LogP contribution >= 0.6 is 23.2 Å². The van der Waals surface area contributed by atoms with Gasteiger partial charge in [0, 0.05) is 28.4 Å². The number of hydrogen-bond donors (Lipinski definition) is 1. The molecule has 32 heavy (non-hydrogen) atoms. The standard InChI is InChI=1S/C25H20Cl2N2O3/c26-19-8-6-18(21(27)14-19)7-11-24(30)28-20-9-10-23-22(15-20)29(25(31)16-32-23)13-12-17-4-2-1-3-5-17/h1-11,14-15H,12-13,16H2,(H,28,30)/b11-7+. The maximum absolute atomic E-state index is 12.5. The van der Waals surface area contributed by atoms with E-state index < -0.39 is 0 Å². The Morgan fingerprint density at radius 1 is 1.06 bits per heavy atom. The summed E-state index contributed by atoms with van der Waals surface area (Å²) in [7, 11) is 0. The van der Waals surface area contributed by atoms with Crippen molar-refractivity contribution in [3.8, 4) is 5.75 Å².